The van der Waals surface area contributed by atoms with Crippen LogP contribution in [0.2, 0.25) is 0 Å². The molecule has 0 spiro atoms. The molecule has 0 heterocycles. The normalized spacial score (nSPS) is 13.1. The topological polar surface area (TPSA) is 27.0 Å². The Morgan fingerprint density at radius 3 is 2.40 bits per heavy atom. The number of nitriles is 1. The minimum atomic E-state index is 0.252. The van der Waals surface area contributed by atoms with Gasteiger partial charge in [-0.2, -0.15) is 5.26 Å². The average molecular weight is 140 g/mol. The van der Waals surface area contributed by atoms with Crippen LogP contribution in [0.3, 0.4) is 0 Å². The first-order chi connectivity index (χ1) is 4.70. The molecule has 1 unspecified atom stereocenters. The van der Waals surface area contributed by atoms with E-state index >= 15 is 0 Å². The largest absolute Gasteiger partial charge is 0.309 e. The number of hydrogen-bond donors (Lipinski definition) is 0. The molecule has 0 amide bonds. The van der Waals surface area contributed by atoms with Gasteiger partial charge in [-0.05, 0) is 33.5 Å². The van der Waals surface area contributed by atoms with Crippen LogP contribution in [0.5, 0.6) is 0 Å². The molecule has 0 aromatic heterocycles. The van der Waals surface area contributed by atoms with Crippen molar-refractivity contribution in [2.24, 2.45) is 5.92 Å². The Morgan fingerprint density at radius 1 is 1.50 bits per heavy atom. The van der Waals surface area contributed by atoms with Gasteiger partial charge in [0, 0.05) is 5.92 Å². The van der Waals surface area contributed by atoms with Crippen LogP contribution in [0.25, 0.3) is 0 Å². The van der Waals surface area contributed by atoms with E-state index in [2.05, 4.69) is 17.9 Å². The highest BCUT2D eigenvalue weighted by atomic mass is 15.0. The summed E-state index contributed by atoms with van der Waals surface area (Å²) in [5.74, 6) is 0.252. The molecule has 0 radical (unpaired) electrons. The summed E-state index contributed by atoms with van der Waals surface area (Å²) < 4.78 is 0. The lowest BCUT2D eigenvalue weighted by atomic mass is 10.0. The van der Waals surface area contributed by atoms with Crippen molar-refractivity contribution in [1.29, 1.82) is 5.26 Å². The van der Waals surface area contributed by atoms with E-state index in [0.29, 0.717) is 0 Å². The van der Waals surface area contributed by atoms with E-state index in [4.69, 9.17) is 5.26 Å². The Labute approximate surface area is 63.4 Å². The molecule has 0 aliphatic heterocycles. The molecule has 0 N–H and O–H groups in total. The van der Waals surface area contributed by atoms with E-state index in [-0.39, 0.29) is 5.92 Å². The summed E-state index contributed by atoms with van der Waals surface area (Å²) in [6, 6.07) is 2.28. The maximum atomic E-state index is 8.57. The minimum absolute atomic E-state index is 0.252. The van der Waals surface area contributed by atoms with Crippen molar-refractivity contribution in [3.8, 4) is 6.07 Å². The van der Waals surface area contributed by atoms with Crippen molar-refractivity contribution in [2.45, 2.75) is 19.8 Å². The van der Waals surface area contributed by atoms with Crippen molar-refractivity contribution in [1.82, 2.24) is 4.90 Å². The monoisotopic (exact) mass is 140 g/mol. The second-order valence-corrected chi connectivity index (χ2v) is 2.83. The van der Waals surface area contributed by atoms with E-state index in [1.165, 1.54) is 0 Å². The maximum Gasteiger partial charge on any atom is 0.0656 e. The van der Waals surface area contributed by atoms with Gasteiger partial charge in [0.2, 0.25) is 0 Å². The van der Waals surface area contributed by atoms with Gasteiger partial charge in [-0.25, -0.2) is 0 Å². The van der Waals surface area contributed by atoms with Crippen LogP contribution in [0.4, 0.5) is 0 Å². The van der Waals surface area contributed by atoms with Crippen LogP contribution in [0.1, 0.15) is 19.8 Å². The third kappa shape index (κ3) is 4.34. The van der Waals surface area contributed by atoms with E-state index in [0.717, 1.165) is 19.4 Å². The number of hydrogen-bond acceptors (Lipinski definition) is 2. The highest BCUT2D eigenvalue weighted by molar-refractivity contribution is 4.81. The maximum absolute atomic E-state index is 8.57. The summed E-state index contributed by atoms with van der Waals surface area (Å²) in [7, 11) is 4.06. The first-order valence-corrected chi connectivity index (χ1v) is 3.75. The molecule has 2 nitrogen and oxygen atoms in total. The molecule has 10 heavy (non-hydrogen) atoms. The Kier molecular flexibility index (Phi) is 4.96. The number of rotatable bonds is 4. The quantitative estimate of drug-likeness (QED) is 0.591. The van der Waals surface area contributed by atoms with Crippen molar-refractivity contribution in [3.05, 3.63) is 0 Å². The third-order valence-electron chi connectivity index (χ3n) is 1.60. The zero-order valence-corrected chi connectivity index (χ0v) is 7.09. The predicted molar refractivity (Wildman–Crippen MR) is 42.6 cm³/mol. The second-order valence-electron chi connectivity index (χ2n) is 2.83. The van der Waals surface area contributed by atoms with Gasteiger partial charge in [-0.15, -0.1) is 0 Å². The van der Waals surface area contributed by atoms with Crippen LogP contribution in [-0.2, 0) is 0 Å². The zero-order valence-electron chi connectivity index (χ0n) is 7.09. The molecule has 0 aromatic rings. The average Bonchev–Trinajstić information content (AvgIpc) is 1.90. The SMILES string of the molecule is CCC(C#N)CCN(C)C. The summed E-state index contributed by atoms with van der Waals surface area (Å²) in [6.45, 7) is 3.08. The Bertz CT molecular complexity index is 113. The molecule has 0 saturated heterocycles. The minimum Gasteiger partial charge on any atom is -0.309 e. The van der Waals surface area contributed by atoms with Crippen LogP contribution in [-0.4, -0.2) is 25.5 Å². The standard InChI is InChI=1S/C8H16N2/c1-4-8(7-9)5-6-10(2)3/h8H,4-6H2,1-3H3. The van der Waals surface area contributed by atoms with Crippen LogP contribution >= 0.6 is 0 Å². The smallest absolute Gasteiger partial charge is 0.0656 e. The van der Waals surface area contributed by atoms with Gasteiger partial charge in [0.25, 0.3) is 0 Å². The van der Waals surface area contributed by atoms with Crippen molar-refractivity contribution in [2.75, 3.05) is 20.6 Å². The van der Waals surface area contributed by atoms with E-state index in [1.807, 2.05) is 14.1 Å². The lowest BCUT2D eigenvalue weighted by Crippen LogP contribution is -2.15. The molecule has 2 heteroatoms. The summed E-state index contributed by atoms with van der Waals surface area (Å²) in [4.78, 5) is 2.11. The van der Waals surface area contributed by atoms with Crippen molar-refractivity contribution < 1.29 is 0 Å². The van der Waals surface area contributed by atoms with E-state index < -0.39 is 0 Å². The van der Waals surface area contributed by atoms with Gasteiger partial charge in [0.05, 0.1) is 6.07 Å². The summed E-state index contributed by atoms with van der Waals surface area (Å²) in [5, 5.41) is 8.57. The molecule has 0 aromatic carbocycles. The molecule has 0 bridgehead atoms. The molecule has 0 fully saturated rings. The summed E-state index contributed by atoms with van der Waals surface area (Å²) in [5.41, 5.74) is 0. The zero-order chi connectivity index (χ0) is 7.98. The van der Waals surface area contributed by atoms with Gasteiger partial charge in [-0.3, -0.25) is 0 Å². The molecule has 58 valence electrons. The van der Waals surface area contributed by atoms with Gasteiger partial charge in [-0.1, -0.05) is 6.92 Å². The molecular formula is C8H16N2. The Balaban J connectivity index is 3.38. The fourth-order valence-electron chi connectivity index (χ4n) is 0.774. The molecule has 0 aliphatic carbocycles. The molecular weight excluding hydrogens is 124 g/mol. The van der Waals surface area contributed by atoms with E-state index in [1.54, 1.807) is 0 Å². The summed E-state index contributed by atoms with van der Waals surface area (Å²) in [6.07, 6.45) is 1.98. The molecule has 0 saturated carbocycles. The van der Waals surface area contributed by atoms with E-state index in [9.17, 15) is 0 Å². The van der Waals surface area contributed by atoms with Crippen LogP contribution in [0, 0.1) is 17.2 Å². The molecule has 0 rings (SSSR count). The highest BCUT2D eigenvalue weighted by Gasteiger charge is 2.03. The lowest BCUT2D eigenvalue weighted by Gasteiger charge is -2.10. The molecule has 0 aliphatic rings. The Morgan fingerprint density at radius 2 is 2.10 bits per heavy atom. The van der Waals surface area contributed by atoms with Crippen LogP contribution in [0.15, 0.2) is 0 Å². The fourth-order valence-corrected chi connectivity index (χ4v) is 0.774. The van der Waals surface area contributed by atoms with Crippen LogP contribution < -0.4 is 0 Å². The molecule has 1 atom stereocenters. The van der Waals surface area contributed by atoms with Gasteiger partial charge in [0.15, 0.2) is 0 Å². The lowest BCUT2D eigenvalue weighted by molar-refractivity contribution is 0.372. The van der Waals surface area contributed by atoms with Gasteiger partial charge >= 0.3 is 0 Å². The van der Waals surface area contributed by atoms with Gasteiger partial charge < -0.3 is 4.90 Å². The Hall–Kier alpha value is -0.550. The third-order valence-corrected chi connectivity index (χ3v) is 1.60. The van der Waals surface area contributed by atoms with Gasteiger partial charge in [0.1, 0.15) is 0 Å². The number of nitrogens with zero attached hydrogens (tertiary/aromatic N) is 2. The predicted octanol–water partition coefficient (Wildman–Crippen LogP) is 1.49. The summed E-state index contributed by atoms with van der Waals surface area (Å²) >= 11 is 0. The first-order valence-electron chi connectivity index (χ1n) is 3.75. The fraction of sp³-hybridized carbons (Fsp3) is 0.875. The van der Waals surface area contributed by atoms with Crippen molar-refractivity contribution in [3.63, 3.8) is 0 Å². The second kappa shape index (κ2) is 5.25. The highest BCUT2D eigenvalue weighted by Crippen LogP contribution is 2.05. The first kappa shape index (κ1) is 9.45. The van der Waals surface area contributed by atoms with Crippen molar-refractivity contribution >= 4 is 0 Å².